The highest BCUT2D eigenvalue weighted by Gasteiger charge is 2.13. The van der Waals surface area contributed by atoms with E-state index in [0.717, 1.165) is 5.56 Å². The second-order valence-electron chi connectivity index (χ2n) is 4.97. The van der Waals surface area contributed by atoms with Crippen molar-refractivity contribution in [3.63, 3.8) is 0 Å². The zero-order valence-corrected chi connectivity index (χ0v) is 11.9. The molecule has 110 valence electrons. The predicted octanol–water partition coefficient (Wildman–Crippen LogP) is 1.85. The summed E-state index contributed by atoms with van der Waals surface area (Å²) in [5.74, 6) is -1.09. The first-order chi connectivity index (χ1) is 10.6. The Morgan fingerprint density at radius 1 is 1.36 bits per heavy atom. The summed E-state index contributed by atoms with van der Waals surface area (Å²) < 4.78 is 1.52. The molecule has 0 aliphatic heterocycles. The van der Waals surface area contributed by atoms with E-state index in [4.69, 9.17) is 5.11 Å². The Morgan fingerprint density at radius 2 is 2.18 bits per heavy atom. The second-order valence-corrected chi connectivity index (χ2v) is 4.97. The van der Waals surface area contributed by atoms with Crippen molar-refractivity contribution in [2.45, 2.75) is 13.5 Å². The first kappa shape index (κ1) is 13.9. The number of aromatic nitrogens is 3. The summed E-state index contributed by atoms with van der Waals surface area (Å²) >= 11 is 0. The number of hydrogen-bond donors (Lipinski definition) is 1. The molecule has 6 nitrogen and oxygen atoms in total. The van der Waals surface area contributed by atoms with Crippen molar-refractivity contribution in [3.05, 3.63) is 70.0 Å². The Hall–Kier alpha value is -3.02. The maximum Gasteiger partial charge on any atom is 0.337 e. The van der Waals surface area contributed by atoms with Crippen molar-refractivity contribution < 1.29 is 9.90 Å². The summed E-state index contributed by atoms with van der Waals surface area (Å²) in [6.07, 6.45) is 5.01. The molecule has 3 rings (SSSR count). The molecule has 0 aliphatic carbocycles. The van der Waals surface area contributed by atoms with E-state index in [0.29, 0.717) is 23.1 Å². The molecule has 3 heterocycles. The molecule has 22 heavy (non-hydrogen) atoms. The van der Waals surface area contributed by atoms with E-state index in [1.54, 1.807) is 37.6 Å². The van der Waals surface area contributed by atoms with Gasteiger partial charge in [-0.05, 0) is 30.7 Å². The molecule has 0 bridgehead atoms. The van der Waals surface area contributed by atoms with Crippen LogP contribution in [0.1, 0.15) is 21.6 Å². The number of fused-ring (bicyclic) bond motifs is 1. The third-order valence-corrected chi connectivity index (χ3v) is 3.45. The van der Waals surface area contributed by atoms with Crippen LogP contribution in [0.2, 0.25) is 0 Å². The van der Waals surface area contributed by atoms with E-state index in [2.05, 4.69) is 9.97 Å². The van der Waals surface area contributed by atoms with Gasteiger partial charge in [0.15, 0.2) is 0 Å². The molecule has 0 amide bonds. The van der Waals surface area contributed by atoms with Crippen LogP contribution in [0.3, 0.4) is 0 Å². The molecular weight excluding hydrogens is 282 g/mol. The summed E-state index contributed by atoms with van der Waals surface area (Å²) in [6, 6.07) is 6.78. The van der Waals surface area contributed by atoms with Crippen molar-refractivity contribution >= 4 is 16.9 Å². The van der Waals surface area contributed by atoms with Crippen LogP contribution in [-0.2, 0) is 6.54 Å². The van der Waals surface area contributed by atoms with Crippen LogP contribution in [0, 0.1) is 6.92 Å². The van der Waals surface area contributed by atoms with Crippen LogP contribution in [0.25, 0.3) is 10.9 Å². The Bertz CT molecular complexity index is 917. The summed E-state index contributed by atoms with van der Waals surface area (Å²) in [7, 11) is 0. The Kier molecular flexibility index (Phi) is 3.42. The lowest BCUT2D eigenvalue weighted by Gasteiger charge is -2.08. The van der Waals surface area contributed by atoms with Crippen molar-refractivity contribution in [2.75, 3.05) is 0 Å². The van der Waals surface area contributed by atoms with Crippen molar-refractivity contribution in [1.29, 1.82) is 0 Å². The number of carbonyl (C=O) groups is 1. The number of hydrogen-bond acceptors (Lipinski definition) is 4. The van der Waals surface area contributed by atoms with Gasteiger partial charge in [0.2, 0.25) is 0 Å². The van der Waals surface area contributed by atoms with Crippen molar-refractivity contribution in [1.82, 2.24) is 14.5 Å². The topological polar surface area (TPSA) is 85.1 Å². The Morgan fingerprint density at radius 3 is 2.86 bits per heavy atom. The lowest BCUT2D eigenvalue weighted by atomic mass is 10.1. The fraction of sp³-hybridized carbons (Fsp3) is 0.125. The van der Waals surface area contributed by atoms with Gasteiger partial charge in [0.05, 0.1) is 28.7 Å². The molecule has 0 radical (unpaired) electrons. The third kappa shape index (κ3) is 2.46. The largest absolute Gasteiger partial charge is 0.478 e. The standard InChI is InChI=1S/C16H13N3O3/c1-10-12(16(21)22)7-13-14(18-10)4-6-19(15(13)20)9-11-3-2-5-17-8-11/h2-8H,9H2,1H3,(H,21,22). The number of carboxylic acids is 1. The molecule has 1 N–H and O–H groups in total. The van der Waals surface area contributed by atoms with Crippen LogP contribution in [0.15, 0.2) is 47.7 Å². The van der Waals surface area contributed by atoms with Crippen molar-refractivity contribution in [3.8, 4) is 0 Å². The monoisotopic (exact) mass is 295 g/mol. The number of rotatable bonds is 3. The fourth-order valence-corrected chi connectivity index (χ4v) is 2.33. The van der Waals surface area contributed by atoms with Gasteiger partial charge in [-0.1, -0.05) is 6.07 Å². The van der Waals surface area contributed by atoms with Gasteiger partial charge in [-0.25, -0.2) is 4.79 Å². The third-order valence-electron chi connectivity index (χ3n) is 3.45. The first-order valence-electron chi connectivity index (χ1n) is 6.69. The van der Waals surface area contributed by atoms with Gasteiger partial charge in [0, 0.05) is 18.6 Å². The number of carboxylic acid groups (broad SMARTS) is 1. The van der Waals surface area contributed by atoms with E-state index < -0.39 is 5.97 Å². The SMILES string of the molecule is Cc1nc2ccn(Cc3cccnc3)c(=O)c2cc1C(=O)O. The lowest BCUT2D eigenvalue weighted by molar-refractivity contribution is 0.0696. The van der Waals surface area contributed by atoms with Gasteiger partial charge in [-0.3, -0.25) is 14.8 Å². The minimum Gasteiger partial charge on any atom is -0.478 e. The molecule has 0 saturated carbocycles. The van der Waals surface area contributed by atoms with E-state index in [9.17, 15) is 9.59 Å². The van der Waals surface area contributed by atoms with Crippen LogP contribution < -0.4 is 5.56 Å². The quantitative estimate of drug-likeness (QED) is 0.797. The normalized spacial score (nSPS) is 10.8. The molecule has 6 heteroatoms. The highest BCUT2D eigenvalue weighted by molar-refractivity contribution is 5.93. The summed E-state index contributed by atoms with van der Waals surface area (Å²) in [4.78, 5) is 31.9. The minimum atomic E-state index is -1.09. The van der Waals surface area contributed by atoms with Gasteiger partial charge >= 0.3 is 5.97 Å². The number of pyridine rings is 3. The lowest BCUT2D eigenvalue weighted by Crippen LogP contribution is -2.21. The average molecular weight is 295 g/mol. The summed E-state index contributed by atoms with van der Waals surface area (Å²) in [6.45, 7) is 1.99. The molecule has 0 aliphatic rings. The summed E-state index contributed by atoms with van der Waals surface area (Å²) in [5.41, 5.74) is 1.56. The van der Waals surface area contributed by atoms with E-state index >= 15 is 0 Å². The smallest absolute Gasteiger partial charge is 0.337 e. The number of aryl methyl sites for hydroxylation is 1. The van der Waals surface area contributed by atoms with Gasteiger partial charge in [-0.15, -0.1) is 0 Å². The number of aromatic carboxylic acids is 1. The van der Waals surface area contributed by atoms with Crippen LogP contribution in [0.4, 0.5) is 0 Å². The minimum absolute atomic E-state index is 0.0451. The van der Waals surface area contributed by atoms with E-state index in [-0.39, 0.29) is 11.1 Å². The van der Waals surface area contributed by atoms with Gasteiger partial charge in [0.25, 0.3) is 5.56 Å². The molecule has 0 fully saturated rings. The van der Waals surface area contributed by atoms with Crippen LogP contribution >= 0.6 is 0 Å². The molecule has 0 atom stereocenters. The molecule has 0 spiro atoms. The highest BCUT2D eigenvalue weighted by atomic mass is 16.4. The summed E-state index contributed by atoms with van der Waals surface area (Å²) in [5, 5.41) is 9.46. The zero-order valence-electron chi connectivity index (χ0n) is 11.9. The molecule has 3 aromatic rings. The van der Waals surface area contributed by atoms with Crippen LogP contribution in [-0.4, -0.2) is 25.6 Å². The van der Waals surface area contributed by atoms with Crippen LogP contribution in [0.5, 0.6) is 0 Å². The Labute approximate surface area is 125 Å². The molecule has 0 unspecified atom stereocenters. The predicted molar refractivity (Wildman–Crippen MR) is 81.0 cm³/mol. The molecular formula is C16H13N3O3. The second kappa shape index (κ2) is 5.40. The molecule has 3 aromatic heterocycles. The van der Waals surface area contributed by atoms with Gasteiger partial charge in [-0.2, -0.15) is 0 Å². The maximum atomic E-state index is 12.5. The van der Waals surface area contributed by atoms with E-state index in [1.165, 1.54) is 10.6 Å². The average Bonchev–Trinajstić information content (AvgIpc) is 2.50. The Balaban J connectivity index is 2.14. The molecule has 0 aromatic carbocycles. The van der Waals surface area contributed by atoms with Gasteiger partial charge < -0.3 is 9.67 Å². The zero-order chi connectivity index (χ0) is 15.7. The van der Waals surface area contributed by atoms with Gasteiger partial charge in [0.1, 0.15) is 0 Å². The maximum absolute atomic E-state index is 12.5. The first-order valence-corrected chi connectivity index (χ1v) is 6.69. The number of nitrogens with zero attached hydrogens (tertiary/aromatic N) is 3. The van der Waals surface area contributed by atoms with Crippen molar-refractivity contribution in [2.24, 2.45) is 0 Å². The molecule has 0 saturated heterocycles. The highest BCUT2D eigenvalue weighted by Crippen LogP contribution is 2.13. The fourth-order valence-electron chi connectivity index (χ4n) is 2.33. The van der Waals surface area contributed by atoms with E-state index in [1.807, 2.05) is 6.07 Å².